The van der Waals surface area contributed by atoms with Gasteiger partial charge in [0.15, 0.2) is 11.7 Å². The van der Waals surface area contributed by atoms with Crippen LogP contribution in [-0.4, -0.2) is 66.8 Å². The molecule has 0 aromatic heterocycles. The van der Waals surface area contributed by atoms with Gasteiger partial charge in [0.05, 0.1) is 17.2 Å². The molecule has 1 aromatic rings. The predicted octanol–water partition coefficient (Wildman–Crippen LogP) is 5.58. The highest BCUT2D eigenvalue weighted by atomic mass is 16.4. The number of allylic oxidation sites excluding steroid dienone is 2. The van der Waals surface area contributed by atoms with Gasteiger partial charge in [0.25, 0.3) is 0 Å². The third kappa shape index (κ3) is 4.70. The molecule has 1 aromatic carbocycles. The van der Waals surface area contributed by atoms with E-state index < -0.39 is 79.6 Å². The SMILES string of the molecule is CC(C(=O)O)=C1CCC2(N=C(N)N)C=CC3(CC4(O)C=CC5(O)C6=C7C(=O)CC3(C)C64CCC#CCC3(C)C(=O)CCC7(C)C3C5C=Cc3ccccc3)C(C)C2C1O. The van der Waals surface area contributed by atoms with Crippen molar-refractivity contribution in [2.45, 2.75) is 115 Å². The van der Waals surface area contributed by atoms with Gasteiger partial charge in [-0.1, -0.05) is 88.4 Å². The first-order chi connectivity index (χ1) is 27.7. The van der Waals surface area contributed by atoms with E-state index in [0.717, 1.165) is 5.56 Å². The number of hydrogen-bond donors (Lipinski definition) is 6. The zero-order valence-electron chi connectivity index (χ0n) is 34.7. The van der Waals surface area contributed by atoms with Crippen molar-refractivity contribution in [3.63, 3.8) is 0 Å². The van der Waals surface area contributed by atoms with Gasteiger partial charge in [-0.15, -0.1) is 11.8 Å². The first-order valence-corrected chi connectivity index (χ1v) is 21.3. The normalized spacial score (nSPS) is 47.4. The molecule has 8 aliphatic carbocycles. The third-order valence-corrected chi connectivity index (χ3v) is 17.8. The van der Waals surface area contributed by atoms with E-state index in [4.69, 9.17) is 16.5 Å². The highest BCUT2D eigenvalue weighted by Gasteiger charge is 2.84. The lowest BCUT2D eigenvalue weighted by atomic mass is 9.34. The van der Waals surface area contributed by atoms with Gasteiger partial charge >= 0.3 is 5.97 Å². The summed E-state index contributed by atoms with van der Waals surface area (Å²) in [5.74, 6) is 3.16. The van der Waals surface area contributed by atoms with E-state index in [1.807, 2.05) is 62.4 Å². The Kier molecular flexibility index (Phi) is 8.45. The Morgan fingerprint density at radius 1 is 0.949 bits per heavy atom. The number of carbonyl (C=O) groups excluding carboxylic acids is 2. The molecule has 4 bridgehead atoms. The van der Waals surface area contributed by atoms with Crippen LogP contribution in [0.15, 0.2) is 88.0 Å². The first-order valence-electron chi connectivity index (χ1n) is 21.3. The molecule has 3 saturated carbocycles. The second kappa shape index (κ2) is 12.5. The fraction of sp³-hybridized carbons (Fsp3) is 0.551. The zero-order valence-corrected chi connectivity index (χ0v) is 34.7. The summed E-state index contributed by atoms with van der Waals surface area (Å²) in [6.07, 6.45) is 12.9. The molecule has 310 valence electrons. The van der Waals surface area contributed by atoms with E-state index in [0.29, 0.717) is 42.4 Å². The molecular weight excluding hydrogens is 743 g/mol. The van der Waals surface area contributed by atoms with Gasteiger partial charge in [0.1, 0.15) is 11.4 Å². The van der Waals surface area contributed by atoms with Crippen LogP contribution in [0.25, 0.3) is 6.08 Å². The number of aliphatic carboxylic acids is 1. The molecule has 10 nitrogen and oxygen atoms in total. The maximum absolute atomic E-state index is 15.7. The fourth-order valence-electron chi connectivity index (χ4n) is 15.3. The second-order valence-corrected chi connectivity index (χ2v) is 20.0. The molecule has 0 radical (unpaired) electrons. The van der Waals surface area contributed by atoms with Crippen LogP contribution in [0.4, 0.5) is 0 Å². The van der Waals surface area contributed by atoms with Gasteiger partial charge in [-0.2, -0.15) is 0 Å². The van der Waals surface area contributed by atoms with Gasteiger partial charge in [0, 0.05) is 70.3 Å². The molecule has 59 heavy (non-hydrogen) atoms. The van der Waals surface area contributed by atoms with Crippen molar-refractivity contribution >= 4 is 29.6 Å². The Morgan fingerprint density at radius 2 is 1.68 bits per heavy atom. The minimum atomic E-state index is -1.76. The molecule has 9 rings (SSSR count). The van der Waals surface area contributed by atoms with Crippen LogP contribution < -0.4 is 11.5 Å². The number of hydrogen-bond acceptors (Lipinski definition) is 7. The molecule has 8 aliphatic rings. The number of aliphatic hydroxyl groups is 3. The third-order valence-electron chi connectivity index (χ3n) is 17.8. The summed E-state index contributed by atoms with van der Waals surface area (Å²) in [4.78, 5) is 47.1. The Bertz CT molecular complexity index is 2350. The van der Waals surface area contributed by atoms with Crippen LogP contribution >= 0.6 is 0 Å². The number of carbonyl (C=O) groups is 3. The van der Waals surface area contributed by atoms with E-state index in [2.05, 4.69) is 31.8 Å². The molecular formula is C49H57N3O7. The molecule has 13 atom stereocenters. The summed E-state index contributed by atoms with van der Waals surface area (Å²) in [6, 6.07) is 9.85. The first kappa shape index (κ1) is 39.9. The lowest BCUT2D eigenvalue weighted by Gasteiger charge is -2.70. The largest absolute Gasteiger partial charge is 0.478 e. The van der Waals surface area contributed by atoms with E-state index in [1.54, 1.807) is 12.2 Å². The Balaban J connectivity index is 1.34. The molecule has 2 spiro atoms. The van der Waals surface area contributed by atoms with Crippen LogP contribution in [0.2, 0.25) is 0 Å². The Labute approximate surface area is 346 Å². The quantitative estimate of drug-likeness (QED) is 0.0741. The average Bonchev–Trinajstić information content (AvgIpc) is 3.33. The van der Waals surface area contributed by atoms with E-state index in [-0.39, 0.29) is 55.2 Å². The van der Waals surface area contributed by atoms with Gasteiger partial charge in [-0.05, 0) is 79.1 Å². The molecule has 0 saturated heterocycles. The lowest BCUT2D eigenvalue weighted by molar-refractivity contribution is -0.169. The summed E-state index contributed by atoms with van der Waals surface area (Å²) < 4.78 is 0. The summed E-state index contributed by atoms with van der Waals surface area (Å²) in [7, 11) is 0. The van der Waals surface area contributed by atoms with Gasteiger partial charge in [0.2, 0.25) is 0 Å². The standard InChI is InChI=1S/C49H57N3O7/c1-28(40(56)57)31-16-21-46(52-41(50)51)23-22-45(29(2)35(46)37(31)55)27-47(58)24-25-48(59)32(15-14-30-12-8-6-9-13-30)38-42(3)18-10-7-11-19-49(47)39(48)36(33(53)26-44(45,49)5)43(38,4)20-17-34(42)54/h6,8-9,12-15,22-25,29,32,35,37-38,55,58-59H,11,16-21,26-27H2,1-5H3,(H,56,57)(H4,50,51,52). The van der Waals surface area contributed by atoms with Crippen LogP contribution in [0.1, 0.15) is 98.0 Å². The Hall–Kier alpha value is -4.56. The lowest BCUT2D eigenvalue weighted by Crippen LogP contribution is -2.71. The number of benzene rings is 1. The number of nitrogens with zero attached hydrogens (tertiary/aromatic N) is 1. The molecule has 8 N–H and O–H groups in total. The molecule has 0 heterocycles. The number of aliphatic imine (C=N–C) groups is 1. The molecule has 0 aliphatic heterocycles. The number of guanidine groups is 1. The predicted molar refractivity (Wildman–Crippen MR) is 224 cm³/mol. The van der Waals surface area contributed by atoms with Crippen molar-refractivity contribution in [1.82, 2.24) is 0 Å². The summed E-state index contributed by atoms with van der Waals surface area (Å²) in [5.41, 5.74) is 5.24. The van der Waals surface area contributed by atoms with Gasteiger partial charge in [-0.25, -0.2) is 9.79 Å². The van der Waals surface area contributed by atoms with Crippen LogP contribution in [0.3, 0.4) is 0 Å². The average molecular weight is 800 g/mol. The summed E-state index contributed by atoms with van der Waals surface area (Å²) in [5, 5.41) is 50.2. The summed E-state index contributed by atoms with van der Waals surface area (Å²) >= 11 is 0. The fourth-order valence-corrected chi connectivity index (χ4v) is 15.3. The Morgan fingerprint density at radius 3 is 2.37 bits per heavy atom. The summed E-state index contributed by atoms with van der Waals surface area (Å²) in [6.45, 7) is 9.70. The second-order valence-electron chi connectivity index (χ2n) is 20.0. The minimum Gasteiger partial charge on any atom is -0.478 e. The number of aliphatic hydroxyl groups excluding tert-OH is 1. The number of carboxylic acid groups (broad SMARTS) is 1. The maximum Gasteiger partial charge on any atom is 0.331 e. The minimum absolute atomic E-state index is 0.0482. The highest BCUT2D eigenvalue weighted by molar-refractivity contribution is 6.02. The number of fused-ring (bicyclic) bond motifs is 3. The smallest absolute Gasteiger partial charge is 0.331 e. The van der Waals surface area contributed by atoms with Gasteiger partial charge in [-0.3, -0.25) is 9.59 Å². The number of rotatable bonds is 4. The molecule has 0 amide bonds. The number of ketones is 2. The number of carboxylic acids is 1. The maximum atomic E-state index is 15.7. The zero-order chi connectivity index (χ0) is 42.3. The van der Waals surface area contributed by atoms with Crippen LogP contribution in [0.5, 0.6) is 0 Å². The molecule has 3 fully saturated rings. The monoisotopic (exact) mass is 799 g/mol. The van der Waals surface area contributed by atoms with E-state index >= 15 is 4.79 Å². The van der Waals surface area contributed by atoms with Crippen molar-refractivity contribution < 1.29 is 34.8 Å². The van der Waals surface area contributed by atoms with Crippen LogP contribution in [-0.2, 0) is 14.4 Å². The number of Topliss-reactive ketones (excluding diaryl/α,β-unsaturated/α-hetero) is 2. The van der Waals surface area contributed by atoms with Crippen molar-refractivity contribution in [3.8, 4) is 11.8 Å². The van der Waals surface area contributed by atoms with Crippen molar-refractivity contribution in [3.05, 3.63) is 88.6 Å². The highest BCUT2D eigenvalue weighted by Crippen LogP contribution is 2.84. The van der Waals surface area contributed by atoms with E-state index in [1.165, 1.54) is 6.92 Å². The van der Waals surface area contributed by atoms with E-state index in [9.17, 15) is 30.0 Å². The van der Waals surface area contributed by atoms with Crippen molar-refractivity contribution in [1.29, 1.82) is 0 Å². The number of nitrogens with two attached hydrogens (primary N) is 2. The van der Waals surface area contributed by atoms with Crippen LogP contribution in [0, 0.1) is 62.6 Å². The van der Waals surface area contributed by atoms with Crippen molar-refractivity contribution in [2.75, 3.05) is 0 Å². The van der Waals surface area contributed by atoms with Crippen molar-refractivity contribution in [2.24, 2.45) is 67.2 Å². The molecule has 13 unspecified atom stereocenters. The molecule has 10 heteroatoms. The van der Waals surface area contributed by atoms with Gasteiger partial charge < -0.3 is 31.9 Å². The topological polar surface area (TPSA) is 197 Å².